The highest BCUT2D eigenvalue weighted by atomic mass is 16.5. The first-order valence-corrected chi connectivity index (χ1v) is 11.3. The Morgan fingerprint density at radius 2 is 1.91 bits per heavy atom. The number of anilines is 1. The number of hydrogen-bond donors (Lipinski definition) is 0. The Balaban J connectivity index is 1.43. The number of hydrogen-bond acceptors (Lipinski definition) is 6. The minimum atomic E-state index is 0.0217. The molecule has 0 fully saturated rings. The standard InChI is InChI=1S/C26H26N6O2/c1-16(2)24-21(6-5-11-27-24)25-28-14-19-13-23(33)31(26(19)29-25)15-18-7-9-20(10-8-18)32-17(3)12-22(30-32)34-4/h5-12,14,16H,13,15H2,1-4H3. The fourth-order valence-electron chi connectivity index (χ4n) is 4.22. The zero-order chi connectivity index (χ0) is 23.8. The fourth-order valence-corrected chi connectivity index (χ4v) is 4.22. The van der Waals surface area contributed by atoms with Crippen LogP contribution in [0, 0.1) is 6.92 Å². The Morgan fingerprint density at radius 1 is 1.12 bits per heavy atom. The summed E-state index contributed by atoms with van der Waals surface area (Å²) < 4.78 is 7.06. The molecule has 3 aromatic heterocycles. The molecule has 34 heavy (non-hydrogen) atoms. The van der Waals surface area contributed by atoms with Gasteiger partial charge in [-0.3, -0.25) is 14.7 Å². The Bertz CT molecular complexity index is 1360. The largest absolute Gasteiger partial charge is 0.480 e. The summed E-state index contributed by atoms with van der Waals surface area (Å²) in [5.74, 6) is 2.10. The van der Waals surface area contributed by atoms with Crippen LogP contribution in [0.1, 0.15) is 42.3 Å². The van der Waals surface area contributed by atoms with Crippen LogP contribution in [-0.2, 0) is 17.8 Å². The quantitative estimate of drug-likeness (QED) is 0.433. The molecule has 0 saturated heterocycles. The van der Waals surface area contributed by atoms with E-state index in [9.17, 15) is 4.79 Å². The lowest BCUT2D eigenvalue weighted by Gasteiger charge is -2.18. The van der Waals surface area contributed by atoms with Gasteiger partial charge < -0.3 is 4.74 Å². The smallest absolute Gasteiger partial charge is 0.233 e. The van der Waals surface area contributed by atoms with E-state index < -0.39 is 0 Å². The molecular formula is C26H26N6O2. The van der Waals surface area contributed by atoms with E-state index in [0.29, 0.717) is 30.5 Å². The second kappa shape index (κ2) is 8.70. The Morgan fingerprint density at radius 3 is 2.62 bits per heavy atom. The summed E-state index contributed by atoms with van der Waals surface area (Å²) in [6.07, 6.45) is 3.86. The summed E-state index contributed by atoms with van der Waals surface area (Å²) in [5.41, 5.74) is 5.60. The number of ether oxygens (including phenoxy) is 1. The van der Waals surface area contributed by atoms with Crippen molar-refractivity contribution in [3.05, 3.63) is 77.4 Å². The van der Waals surface area contributed by atoms with Gasteiger partial charge in [0.1, 0.15) is 5.82 Å². The van der Waals surface area contributed by atoms with Crippen LogP contribution in [0.25, 0.3) is 17.1 Å². The fraction of sp³-hybridized carbons (Fsp3) is 0.269. The van der Waals surface area contributed by atoms with Crippen LogP contribution in [0.4, 0.5) is 5.82 Å². The van der Waals surface area contributed by atoms with Crippen LogP contribution in [0.3, 0.4) is 0 Å². The zero-order valence-corrected chi connectivity index (χ0v) is 19.7. The first-order chi connectivity index (χ1) is 16.4. The summed E-state index contributed by atoms with van der Waals surface area (Å²) >= 11 is 0. The van der Waals surface area contributed by atoms with Gasteiger partial charge in [0.2, 0.25) is 11.8 Å². The Labute approximate surface area is 198 Å². The average Bonchev–Trinajstić information content (AvgIpc) is 3.38. The molecule has 0 unspecified atom stereocenters. The maximum absolute atomic E-state index is 12.8. The second-order valence-corrected chi connectivity index (χ2v) is 8.70. The molecule has 4 heterocycles. The lowest BCUT2D eigenvalue weighted by atomic mass is 10.0. The van der Waals surface area contributed by atoms with Crippen molar-refractivity contribution in [3.8, 4) is 23.0 Å². The lowest BCUT2D eigenvalue weighted by Crippen LogP contribution is -2.26. The van der Waals surface area contributed by atoms with Crippen LogP contribution in [0.15, 0.2) is 54.9 Å². The molecule has 0 saturated carbocycles. The van der Waals surface area contributed by atoms with Crippen molar-refractivity contribution in [2.75, 3.05) is 12.0 Å². The maximum Gasteiger partial charge on any atom is 0.233 e. The number of aromatic nitrogens is 5. The molecule has 5 rings (SSSR count). The van der Waals surface area contributed by atoms with E-state index in [1.807, 2.05) is 54.1 Å². The molecule has 0 radical (unpaired) electrons. The number of rotatable bonds is 6. The van der Waals surface area contributed by atoms with E-state index in [1.165, 1.54) is 0 Å². The van der Waals surface area contributed by atoms with Crippen LogP contribution in [0.5, 0.6) is 5.88 Å². The minimum Gasteiger partial charge on any atom is -0.480 e. The molecule has 8 nitrogen and oxygen atoms in total. The lowest BCUT2D eigenvalue weighted by molar-refractivity contribution is -0.117. The topological polar surface area (TPSA) is 86.0 Å². The van der Waals surface area contributed by atoms with Gasteiger partial charge in [0, 0.05) is 35.3 Å². The number of carbonyl (C=O) groups excluding carboxylic acids is 1. The normalized spacial score (nSPS) is 13.0. The molecule has 0 spiro atoms. The van der Waals surface area contributed by atoms with Crippen LogP contribution >= 0.6 is 0 Å². The molecule has 0 aliphatic carbocycles. The van der Waals surface area contributed by atoms with Gasteiger partial charge >= 0.3 is 0 Å². The predicted molar refractivity (Wildman–Crippen MR) is 129 cm³/mol. The third kappa shape index (κ3) is 3.91. The van der Waals surface area contributed by atoms with E-state index in [1.54, 1.807) is 24.4 Å². The molecule has 8 heteroatoms. The van der Waals surface area contributed by atoms with E-state index in [2.05, 4.69) is 28.9 Å². The van der Waals surface area contributed by atoms with Gasteiger partial charge in [-0.05, 0) is 42.7 Å². The van der Waals surface area contributed by atoms with E-state index >= 15 is 0 Å². The molecular weight excluding hydrogens is 428 g/mol. The van der Waals surface area contributed by atoms with Gasteiger partial charge in [-0.1, -0.05) is 26.0 Å². The third-order valence-electron chi connectivity index (χ3n) is 5.96. The Kier molecular flexibility index (Phi) is 5.57. The van der Waals surface area contributed by atoms with E-state index in [4.69, 9.17) is 9.72 Å². The van der Waals surface area contributed by atoms with Crippen LogP contribution in [-0.4, -0.2) is 37.7 Å². The highest BCUT2D eigenvalue weighted by Crippen LogP contribution is 2.32. The first-order valence-electron chi connectivity index (χ1n) is 11.3. The van der Waals surface area contributed by atoms with Crippen molar-refractivity contribution in [2.24, 2.45) is 0 Å². The second-order valence-electron chi connectivity index (χ2n) is 8.70. The summed E-state index contributed by atoms with van der Waals surface area (Å²) in [6.45, 7) is 6.61. The molecule has 0 N–H and O–H groups in total. The molecule has 1 amide bonds. The van der Waals surface area contributed by atoms with E-state index in [-0.39, 0.29) is 11.8 Å². The van der Waals surface area contributed by atoms with Crippen molar-refractivity contribution in [3.63, 3.8) is 0 Å². The molecule has 0 bridgehead atoms. The summed E-state index contributed by atoms with van der Waals surface area (Å²) in [6, 6.07) is 13.8. The number of aryl methyl sites for hydroxylation is 1. The molecule has 1 aliphatic heterocycles. The van der Waals surface area contributed by atoms with Crippen molar-refractivity contribution in [2.45, 2.75) is 39.7 Å². The van der Waals surface area contributed by atoms with Crippen molar-refractivity contribution >= 4 is 11.7 Å². The minimum absolute atomic E-state index is 0.0217. The van der Waals surface area contributed by atoms with Gasteiger partial charge in [0.05, 0.1) is 31.5 Å². The molecule has 1 aliphatic rings. The number of pyridine rings is 1. The highest BCUT2D eigenvalue weighted by molar-refractivity contribution is 6.00. The molecule has 172 valence electrons. The number of nitrogens with zero attached hydrogens (tertiary/aromatic N) is 6. The molecule has 0 atom stereocenters. The number of methoxy groups -OCH3 is 1. The van der Waals surface area contributed by atoms with Gasteiger partial charge in [-0.2, -0.15) is 0 Å². The summed E-state index contributed by atoms with van der Waals surface area (Å²) in [4.78, 5) is 28.5. The monoisotopic (exact) mass is 454 g/mol. The average molecular weight is 455 g/mol. The van der Waals surface area contributed by atoms with E-state index in [0.717, 1.165) is 33.8 Å². The zero-order valence-electron chi connectivity index (χ0n) is 19.7. The first kappa shape index (κ1) is 21.8. The summed E-state index contributed by atoms with van der Waals surface area (Å²) in [7, 11) is 1.60. The number of benzene rings is 1. The van der Waals surface area contributed by atoms with Gasteiger partial charge in [0.15, 0.2) is 5.82 Å². The van der Waals surface area contributed by atoms with Crippen LogP contribution < -0.4 is 9.64 Å². The molecule has 1 aromatic carbocycles. The van der Waals surface area contributed by atoms with Crippen molar-refractivity contribution in [1.82, 2.24) is 24.7 Å². The number of carbonyl (C=O) groups is 1. The van der Waals surface area contributed by atoms with Gasteiger partial charge in [-0.15, -0.1) is 5.10 Å². The third-order valence-corrected chi connectivity index (χ3v) is 5.96. The Hall–Kier alpha value is -4.07. The SMILES string of the molecule is COc1cc(C)n(-c2ccc(CN3C(=O)Cc4cnc(-c5cccnc5C(C)C)nc43)cc2)n1. The summed E-state index contributed by atoms with van der Waals surface area (Å²) in [5, 5.41) is 4.44. The van der Waals surface area contributed by atoms with Crippen molar-refractivity contribution in [1.29, 1.82) is 0 Å². The number of fused-ring (bicyclic) bond motifs is 1. The van der Waals surface area contributed by atoms with Crippen LogP contribution in [0.2, 0.25) is 0 Å². The predicted octanol–water partition coefficient (Wildman–Crippen LogP) is 4.25. The molecule has 4 aromatic rings. The highest BCUT2D eigenvalue weighted by Gasteiger charge is 2.30. The maximum atomic E-state index is 12.8. The van der Waals surface area contributed by atoms with Crippen molar-refractivity contribution < 1.29 is 9.53 Å². The van der Waals surface area contributed by atoms with Gasteiger partial charge in [-0.25, -0.2) is 14.6 Å². The van der Waals surface area contributed by atoms with Gasteiger partial charge in [0.25, 0.3) is 0 Å². The number of amides is 1.